The molecule has 48 heavy (non-hydrogen) atoms. The van der Waals surface area contributed by atoms with Crippen LogP contribution in [0, 0.1) is 35.4 Å². The zero-order valence-corrected chi connectivity index (χ0v) is 28.0. The van der Waals surface area contributed by atoms with Crippen LogP contribution in [0.2, 0.25) is 5.02 Å². The number of aromatic nitrogens is 1. The first-order valence-corrected chi connectivity index (χ1v) is 18.7. The van der Waals surface area contributed by atoms with Crippen molar-refractivity contribution >= 4 is 73.8 Å². The van der Waals surface area contributed by atoms with Gasteiger partial charge in [0.05, 0.1) is 27.4 Å². The van der Waals surface area contributed by atoms with Gasteiger partial charge in [-0.1, -0.05) is 35.1 Å². The molecule has 8 rings (SSSR count). The number of rotatable bonds is 6. The Morgan fingerprint density at radius 1 is 0.938 bits per heavy atom. The summed E-state index contributed by atoms with van der Waals surface area (Å²) in [5, 5.41) is 8.99. The monoisotopic (exact) mass is 724 g/mol. The molecule has 2 aliphatic heterocycles. The molecule has 1 saturated heterocycles. The van der Waals surface area contributed by atoms with E-state index in [2.05, 4.69) is 5.32 Å². The molecule has 7 unspecified atom stereocenters. The first-order chi connectivity index (χ1) is 22.9. The molecule has 15 heteroatoms. The Labute approximate surface area is 287 Å². The summed E-state index contributed by atoms with van der Waals surface area (Å²) in [5.41, 5.74) is 1.62. The fourth-order valence-electron chi connectivity index (χ4n) is 8.21. The largest absolute Gasteiger partial charge is 0.325 e. The number of amides is 3. The fourth-order valence-corrected chi connectivity index (χ4v) is 12.0. The molecule has 3 N–H and O–H groups in total. The number of hydrogen-bond donors (Lipinski definition) is 2. The standard InChI is InChI=1S/C33H26ClFN4O6S3/c34-16-3-1-15(2-4-16)24-25-21-13-22(27-26(21)30(41)39(31(27)42)19-9-5-17(35)6-10-19)28(25)46-32-29(24)47-33(43)38(32)14-23(40)37-18-7-11-20(12-8-18)48(36,44)45/h1-12,21-22,24-28H,13-14H2,(H,37,40)(H2,36,44,45). The number of primary sulfonamides is 1. The zero-order chi connectivity index (χ0) is 33.6. The van der Waals surface area contributed by atoms with Crippen molar-refractivity contribution in [1.29, 1.82) is 0 Å². The van der Waals surface area contributed by atoms with E-state index in [1.165, 1.54) is 69.8 Å². The lowest BCUT2D eigenvalue weighted by atomic mass is 9.68. The highest BCUT2D eigenvalue weighted by Gasteiger charge is 2.69. The number of carbonyl (C=O) groups is 3. The molecule has 4 aromatic rings. The quantitative estimate of drug-likeness (QED) is 0.275. The van der Waals surface area contributed by atoms with E-state index in [9.17, 15) is 32.0 Å². The first kappa shape index (κ1) is 31.4. The summed E-state index contributed by atoms with van der Waals surface area (Å²) >= 11 is 8.83. The van der Waals surface area contributed by atoms with Crippen molar-refractivity contribution in [2.24, 2.45) is 34.7 Å². The van der Waals surface area contributed by atoms with Gasteiger partial charge in [-0.05, 0) is 90.4 Å². The van der Waals surface area contributed by atoms with Gasteiger partial charge in [0.25, 0.3) is 0 Å². The highest BCUT2D eigenvalue weighted by molar-refractivity contribution is 8.00. The summed E-state index contributed by atoms with van der Waals surface area (Å²) < 4.78 is 38.4. The second-order valence-corrected chi connectivity index (χ2v) is 16.7. The maximum Gasteiger partial charge on any atom is 0.308 e. The number of thioether (sulfide) groups is 1. The molecule has 1 aromatic heterocycles. The fraction of sp³-hybridized carbons (Fsp3) is 0.273. The lowest BCUT2D eigenvalue weighted by molar-refractivity contribution is -0.123. The smallest absolute Gasteiger partial charge is 0.308 e. The minimum atomic E-state index is -3.90. The lowest BCUT2D eigenvalue weighted by Crippen LogP contribution is -2.43. The third-order valence-electron chi connectivity index (χ3n) is 10.0. The van der Waals surface area contributed by atoms with Crippen LogP contribution in [-0.2, 0) is 31.0 Å². The zero-order valence-electron chi connectivity index (χ0n) is 24.8. The molecule has 10 nitrogen and oxygen atoms in total. The van der Waals surface area contributed by atoms with Gasteiger partial charge < -0.3 is 5.32 Å². The van der Waals surface area contributed by atoms with Crippen molar-refractivity contribution in [3.63, 3.8) is 0 Å². The van der Waals surface area contributed by atoms with Gasteiger partial charge >= 0.3 is 4.87 Å². The van der Waals surface area contributed by atoms with Crippen LogP contribution >= 0.6 is 34.7 Å². The van der Waals surface area contributed by atoms with Crippen LogP contribution < -0.4 is 20.2 Å². The molecule has 2 aliphatic carbocycles. The molecule has 3 aromatic carbocycles. The molecule has 246 valence electrons. The van der Waals surface area contributed by atoms with Crippen molar-refractivity contribution in [2.45, 2.75) is 34.1 Å². The van der Waals surface area contributed by atoms with Gasteiger partial charge in [0, 0.05) is 26.8 Å². The number of fused-ring (bicyclic) bond motifs is 9. The maximum absolute atomic E-state index is 13.9. The van der Waals surface area contributed by atoms with Gasteiger partial charge in [-0.2, -0.15) is 0 Å². The summed E-state index contributed by atoms with van der Waals surface area (Å²) in [6, 6.07) is 18.2. The summed E-state index contributed by atoms with van der Waals surface area (Å²) in [7, 11) is -3.90. The molecule has 2 bridgehead atoms. The number of carbonyl (C=O) groups excluding carboxylic acids is 3. The van der Waals surface area contributed by atoms with Gasteiger partial charge in [-0.15, -0.1) is 11.8 Å². The second kappa shape index (κ2) is 11.4. The number of nitrogens with one attached hydrogen (secondary N) is 1. The number of thiazole rings is 1. The van der Waals surface area contributed by atoms with Crippen LogP contribution in [0.25, 0.3) is 0 Å². The topological polar surface area (TPSA) is 149 Å². The number of hydrogen-bond acceptors (Lipinski definition) is 8. The Balaban J connectivity index is 1.14. The molecule has 3 fully saturated rings. The summed E-state index contributed by atoms with van der Waals surface area (Å²) in [6.07, 6.45) is 0.685. The average Bonchev–Trinajstić information content (AvgIpc) is 3.77. The van der Waals surface area contributed by atoms with Crippen molar-refractivity contribution in [2.75, 3.05) is 10.2 Å². The van der Waals surface area contributed by atoms with Crippen LogP contribution in [0.15, 0.2) is 87.5 Å². The highest BCUT2D eigenvalue weighted by atomic mass is 35.5. The van der Waals surface area contributed by atoms with Crippen LogP contribution in [0.1, 0.15) is 22.8 Å². The molecule has 3 heterocycles. The Morgan fingerprint density at radius 2 is 1.58 bits per heavy atom. The Bertz CT molecular complexity index is 2170. The van der Waals surface area contributed by atoms with Gasteiger partial charge in [-0.25, -0.2) is 17.9 Å². The third-order valence-corrected chi connectivity index (χ3v) is 14.0. The number of nitrogens with zero attached hydrogens (tertiary/aromatic N) is 2. The number of benzene rings is 3. The Morgan fingerprint density at radius 3 is 2.23 bits per heavy atom. The van der Waals surface area contributed by atoms with Gasteiger partial charge in [-0.3, -0.25) is 28.6 Å². The third kappa shape index (κ3) is 4.95. The van der Waals surface area contributed by atoms with E-state index in [0.29, 0.717) is 27.8 Å². The number of imide groups is 1. The second-order valence-electron chi connectivity index (χ2n) is 12.5. The average molecular weight is 725 g/mol. The summed E-state index contributed by atoms with van der Waals surface area (Å²) in [5.74, 6) is -3.14. The van der Waals surface area contributed by atoms with Crippen LogP contribution in [0.5, 0.6) is 0 Å². The predicted molar refractivity (Wildman–Crippen MR) is 179 cm³/mol. The molecular weight excluding hydrogens is 699 g/mol. The Kier molecular flexibility index (Phi) is 7.45. The Hall–Kier alpha value is -3.82. The summed E-state index contributed by atoms with van der Waals surface area (Å²) in [6.45, 7) is -0.283. The van der Waals surface area contributed by atoms with E-state index in [1.54, 1.807) is 12.1 Å². The summed E-state index contributed by atoms with van der Waals surface area (Å²) in [4.78, 5) is 56.2. The molecular formula is C33H26ClFN4O6S3. The van der Waals surface area contributed by atoms with Crippen molar-refractivity contribution < 1.29 is 27.2 Å². The van der Waals surface area contributed by atoms with E-state index < -0.39 is 33.6 Å². The van der Waals surface area contributed by atoms with Crippen LogP contribution in [0.3, 0.4) is 0 Å². The van der Waals surface area contributed by atoms with Crippen LogP contribution in [0.4, 0.5) is 15.8 Å². The van der Waals surface area contributed by atoms with E-state index in [1.807, 2.05) is 12.1 Å². The van der Waals surface area contributed by atoms with E-state index in [-0.39, 0.29) is 57.0 Å². The number of anilines is 2. The maximum atomic E-state index is 13.9. The SMILES string of the molecule is NS(=O)(=O)c1ccc(NC(=O)Cn2c3c(sc2=O)C(c2ccc(Cl)cc2)C2C4CC(C2S3)C2C(=O)N(c3ccc(F)cc3)C(=O)C42)cc1. The van der Waals surface area contributed by atoms with Crippen molar-refractivity contribution in [1.82, 2.24) is 4.57 Å². The van der Waals surface area contributed by atoms with E-state index >= 15 is 0 Å². The van der Waals surface area contributed by atoms with Gasteiger partial charge in [0.15, 0.2) is 0 Å². The van der Waals surface area contributed by atoms with Crippen molar-refractivity contribution in [3.05, 3.63) is 104 Å². The van der Waals surface area contributed by atoms with Crippen LogP contribution in [-0.4, -0.2) is 36.0 Å². The van der Waals surface area contributed by atoms with E-state index in [0.717, 1.165) is 21.8 Å². The molecule has 3 amide bonds. The van der Waals surface area contributed by atoms with Crippen molar-refractivity contribution in [3.8, 4) is 0 Å². The first-order valence-electron chi connectivity index (χ1n) is 15.1. The minimum Gasteiger partial charge on any atom is -0.325 e. The molecule has 2 saturated carbocycles. The highest BCUT2D eigenvalue weighted by Crippen LogP contribution is 2.69. The number of nitrogens with two attached hydrogens (primary N) is 1. The number of halogens is 2. The van der Waals surface area contributed by atoms with Gasteiger partial charge in [0.1, 0.15) is 12.4 Å². The normalized spacial score (nSPS) is 27.1. The molecule has 7 atom stereocenters. The lowest BCUT2D eigenvalue weighted by Gasteiger charge is -2.43. The molecule has 0 radical (unpaired) electrons. The molecule has 0 spiro atoms. The predicted octanol–water partition coefficient (Wildman–Crippen LogP) is 4.67. The van der Waals surface area contributed by atoms with E-state index in [4.69, 9.17) is 16.7 Å². The van der Waals surface area contributed by atoms with Gasteiger partial charge in [0.2, 0.25) is 27.7 Å². The molecule has 4 aliphatic rings. The number of sulfonamides is 1. The minimum absolute atomic E-state index is 0.0579.